The fourth-order valence-corrected chi connectivity index (χ4v) is 15.5. The van der Waals surface area contributed by atoms with Crippen molar-refractivity contribution in [2.75, 3.05) is 7.05 Å². The van der Waals surface area contributed by atoms with Crippen molar-refractivity contribution >= 4 is 52.9 Å². The zero-order valence-corrected chi connectivity index (χ0v) is 27.8. The number of aromatic nitrogens is 1. The average Bonchev–Trinajstić information content (AvgIpc) is 3.75. The normalized spacial score (nSPS) is 13.0. The Morgan fingerprint density at radius 2 is 1.60 bits per heavy atom. The lowest BCUT2D eigenvalue weighted by Crippen LogP contribution is -2.54. The van der Waals surface area contributed by atoms with Gasteiger partial charge in [-0.2, -0.15) is 15.8 Å². The van der Waals surface area contributed by atoms with Gasteiger partial charge >= 0.3 is 0 Å². The molecule has 1 aliphatic rings. The number of rotatable bonds is 12. The van der Waals surface area contributed by atoms with Crippen LogP contribution in [-0.4, -0.2) is 24.6 Å². The minimum absolute atomic E-state index is 0.101. The van der Waals surface area contributed by atoms with E-state index in [1.807, 2.05) is 59.9 Å². The zero-order chi connectivity index (χ0) is 30.6. The first-order valence-corrected chi connectivity index (χ1v) is 18.4. The summed E-state index contributed by atoms with van der Waals surface area (Å²) < 4.78 is 2.08. The summed E-state index contributed by atoms with van der Waals surface area (Å²) in [5, 5.41) is 30.9. The number of nitriles is 3. The molecule has 0 bridgehead atoms. The number of likely N-dealkylation sites (N-methyl/N-ethyl adjacent to an activating group) is 1. The molecule has 3 aromatic heterocycles. The van der Waals surface area contributed by atoms with Crippen molar-refractivity contribution in [1.82, 2.24) is 9.47 Å². The maximum atomic E-state index is 9.26. The summed E-state index contributed by atoms with van der Waals surface area (Å²) in [6.07, 6.45) is 8.23. The number of unbranched alkanes of at least 4 members (excludes halogenated alkanes) is 2. The smallest absolute Gasteiger partial charge is 0.131 e. The Bertz CT molecular complexity index is 1700. The van der Waals surface area contributed by atoms with Gasteiger partial charge in [0.2, 0.25) is 0 Å². The average molecular weight is 608 g/mol. The Hall–Kier alpha value is -3.87. The Kier molecular flexibility index (Phi) is 9.59. The molecule has 0 saturated heterocycles. The molecule has 4 rings (SSSR count). The first-order valence-electron chi connectivity index (χ1n) is 14.3. The van der Waals surface area contributed by atoms with Crippen molar-refractivity contribution < 1.29 is 0 Å². The van der Waals surface area contributed by atoms with E-state index in [0.29, 0.717) is 5.57 Å². The highest BCUT2D eigenvalue weighted by molar-refractivity contribution is 7.30. The first kappa shape index (κ1) is 31.1. The lowest BCUT2D eigenvalue weighted by atomic mass is 10.2. The van der Waals surface area contributed by atoms with E-state index in [4.69, 9.17) is 0 Å². The molecule has 5 nitrogen and oxygen atoms in total. The van der Waals surface area contributed by atoms with Gasteiger partial charge < -0.3 is 9.47 Å². The first-order chi connectivity index (χ1) is 20.1. The van der Waals surface area contributed by atoms with Gasteiger partial charge in [0.15, 0.2) is 0 Å². The maximum Gasteiger partial charge on any atom is 0.131 e. The summed E-state index contributed by atoms with van der Waals surface area (Å²) in [6, 6.07) is 17.6. The molecule has 0 fully saturated rings. The van der Waals surface area contributed by atoms with Crippen LogP contribution in [0.2, 0.25) is 12.1 Å². The summed E-state index contributed by atoms with van der Waals surface area (Å²) in [5.74, 6) is 0. The van der Waals surface area contributed by atoms with Crippen molar-refractivity contribution in [3.05, 3.63) is 70.9 Å². The van der Waals surface area contributed by atoms with E-state index in [0.717, 1.165) is 27.7 Å². The molecule has 42 heavy (non-hydrogen) atoms. The molecule has 3 aromatic rings. The molecular formula is C34H37N5S2Si. The van der Waals surface area contributed by atoms with Gasteiger partial charge in [0, 0.05) is 40.8 Å². The standard InChI is InChI=1S/C34H37N5S2Si/c1-8-10-14-42(15-11-9-2)31-18-29(25(5)38(6)24(4)16-23(3)20-35)40-33(31)34-32(42)19-30(41-34)28-13-12-27(39(28)7)17-26(21-36)22-37/h12-13,16-19H,4-5,8-11,14-15H2,1-3,6-7H3/b23-16+. The van der Waals surface area contributed by atoms with Crippen molar-refractivity contribution in [3.63, 3.8) is 0 Å². The highest BCUT2D eigenvalue weighted by Crippen LogP contribution is 2.46. The molecule has 0 radical (unpaired) electrons. The third-order valence-electron chi connectivity index (χ3n) is 8.24. The van der Waals surface area contributed by atoms with Crippen molar-refractivity contribution in [3.8, 4) is 38.5 Å². The van der Waals surface area contributed by atoms with Gasteiger partial charge in [0.1, 0.15) is 25.8 Å². The molecule has 0 aromatic carbocycles. The van der Waals surface area contributed by atoms with E-state index in [1.165, 1.54) is 52.4 Å². The van der Waals surface area contributed by atoms with Gasteiger partial charge in [-0.15, -0.1) is 22.7 Å². The van der Waals surface area contributed by atoms with Crippen LogP contribution in [0.3, 0.4) is 0 Å². The van der Waals surface area contributed by atoms with Crippen LogP contribution in [-0.2, 0) is 7.05 Å². The largest absolute Gasteiger partial charge is 0.344 e. The summed E-state index contributed by atoms with van der Waals surface area (Å²) >= 11 is 3.70. The van der Waals surface area contributed by atoms with E-state index in [1.54, 1.807) is 29.4 Å². The second-order valence-corrected chi connectivity index (χ2v) is 17.3. The molecule has 0 amide bonds. The molecule has 0 aliphatic carbocycles. The Morgan fingerprint density at radius 3 is 2.19 bits per heavy atom. The number of allylic oxidation sites excluding steroid dienone is 3. The molecule has 0 unspecified atom stereocenters. The van der Waals surface area contributed by atoms with E-state index in [-0.39, 0.29) is 5.57 Å². The van der Waals surface area contributed by atoms with Gasteiger partial charge in [0.25, 0.3) is 0 Å². The summed E-state index contributed by atoms with van der Waals surface area (Å²) in [5.41, 5.74) is 4.31. The van der Waals surface area contributed by atoms with Crippen molar-refractivity contribution in [2.45, 2.75) is 58.5 Å². The monoisotopic (exact) mass is 607 g/mol. The predicted octanol–water partition coefficient (Wildman–Crippen LogP) is 8.28. The maximum absolute atomic E-state index is 9.26. The van der Waals surface area contributed by atoms with Crippen LogP contribution in [0.5, 0.6) is 0 Å². The minimum Gasteiger partial charge on any atom is -0.344 e. The SMILES string of the molecule is C=C(/C=C(\C)C#N)N(C)C(=C)c1cc2c(s1)-c1sc(-c3ccc(C=C(C#N)C#N)n3C)cc1[Si]2(CCCC)CCCC. The molecule has 0 atom stereocenters. The predicted molar refractivity (Wildman–Crippen MR) is 181 cm³/mol. The highest BCUT2D eigenvalue weighted by Gasteiger charge is 2.47. The number of hydrogen-bond donors (Lipinski definition) is 0. The van der Waals surface area contributed by atoms with Crippen molar-refractivity contribution in [1.29, 1.82) is 15.8 Å². The number of nitrogens with zero attached hydrogens (tertiary/aromatic N) is 5. The molecule has 4 heterocycles. The van der Waals surface area contributed by atoms with Crippen LogP contribution in [0.1, 0.15) is 57.0 Å². The summed E-state index contributed by atoms with van der Waals surface area (Å²) in [6.45, 7) is 15.0. The van der Waals surface area contributed by atoms with E-state index in [9.17, 15) is 15.8 Å². The van der Waals surface area contributed by atoms with Crippen LogP contribution in [0.25, 0.3) is 32.1 Å². The van der Waals surface area contributed by atoms with Crippen LogP contribution < -0.4 is 10.4 Å². The zero-order valence-electron chi connectivity index (χ0n) is 25.2. The Morgan fingerprint density at radius 1 is 0.976 bits per heavy atom. The van der Waals surface area contributed by atoms with Crippen molar-refractivity contribution in [2.24, 2.45) is 7.05 Å². The fourth-order valence-electron chi connectivity index (χ4n) is 5.74. The highest BCUT2D eigenvalue weighted by atomic mass is 32.1. The fraction of sp³-hybridized carbons (Fsp3) is 0.324. The van der Waals surface area contributed by atoms with Gasteiger partial charge in [-0.1, -0.05) is 52.7 Å². The molecular weight excluding hydrogens is 571 g/mol. The van der Waals surface area contributed by atoms with Gasteiger partial charge in [0.05, 0.1) is 27.2 Å². The number of hydrogen-bond acceptors (Lipinski definition) is 6. The van der Waals surface area contributed by atoms with E-state index >= 15 is 0 Å². The van der Waals surface area contributed by atoms with Crippen LogP contribution in [0.15, 0.2) is 60.3 Å². The molecule has 0 spiro atoms. The molecule has 1 aliphatic heterocycles. The molecule has 0 saturated carbocycles. The molecule has 8 heteroatoms. The summed E-state index contributed by atoms with van der Waals surface area (Å²) in [4.78, 5) is 7.16. The molecule has 0 N–H and O–H groups in total. The lowest BCUT2D eigenvalue weighted by molar-refractivity contribution is 0.622. The third kappa shape index (κ3) is 5.61. The Balaban J connectivity index is 1.84. The minimum atomic E-state index is -2.02. The lowest BCUT2D eigenvalue weighted by Gasteiger charge is -2.29. The molecule has 214 valence electrons. The van der Waals surface area contributed by atoms with Gasteiger partial charge in [-0.3, -0.25) is 0 Å². The number of thiophene rings is 2. The topological polar surface area (TPSA) is 79.5 Å². The Labute approximate surface area is 259 Å². The van der Waals surface area contributed by atoms with Crippen LogP contribution >= 0.6 is 22.7 Å². The second-order valence-electron chi connectivity index (χ2n) is 10.9. The number of fused-ring (bicyclic) bond motifs is 3. The second kappa shape index (κ2) is 13.0. The van der Waals surface area contributed by atoms with E-state index < -0.39 is 8.07 Å². The summed E-state index contributed by atoms with van der Waals surface area (Å²) in [7, 11) is 1.95. The van der Waals surface area contributed by atoms with E-state index in [2.05, 4.69) is 55.8 Å². The van der Waals surface area contributed by atoms with Gasteiger partial charge in [-0.05, 0) is 65.8 Å². The van der Waals surface area contributed by atoms with Crippen LogP contribution in [0.4, 0.5) is 0 Å². The quantitative estimate of drug-likeness (QED) is 0.118. The van der Waals surface area contributed by atoms with Crippen LogP contribution in [0, 0.1) is 34.0 Å². The third-order valence-corrected chi connectivity index (χ3v) is 16.4. The van der Waals surface area contributed by atoms with Gasteiger partial charge in [-0.25, -0.2) is 0 Å².